The lowest BCUT2D eigenvalue weighted by Gasteiger charge is -2.37. The Morgan fingerprint density at radius 3 is 2.20 bits per heavy atom. The fourth-order valence-corrected chi connectivity index (χ4v) is 12.4. The topological polar surface area (TPSA) is 181 Å². The van der Waals surface area contributed by atoms with Gasteiger partial charge in [0.05, 0.1) is 19.3 Å². The molecule has 0 radical (unpaired) electrons. The molecule has 4 aromatic carbocycles. The Kier molecular flexibility index (Phi) is 21.6. The van der Waals surface area contributed by atoms with Gasteiger partial charge in [0.15, 0.2) is 5.78 Å². The van der Waals surface area contributed by atoms with Crippen LogP contribution in [0, 0.1) is 26.7 Å². The van der Waals surface area contributed by atoms with Crippen molar-refractivity contribution < 1.29 is 42.9 Å². The second-order valence-electron chi connectivity index (χ2n) is 23.3. The molecule has 4 aliphatic rings. The molecule has 2 N–H and O–H groups in total. The molecule has 5 aromatic rings. The van der Waals surface area contributed by atoms with Crippen molar-refractivity contribution in [1.29, 1.82) is 0 Å². The summed E-state index contributed by atoms with van der Waals surface area (Å²) in [6, 6.07) is 26.9. The highest BCUT2D eigenvalue weighted by Crippen LogP contribution is 2.37. The van der Waals surface area contributed by atoms with Crippen molar-refractivity contribution in [3.63, 3.8) is 0 Å². The van der Waals surface area contributed by atoms with Gasteiger partial charge in [-0.15, -0.1) is 0 Å². The first-order valence-corrected chi connectivity index (χ1v) is 30.8. The number of rotatable bonds is 29. The van der Waals surface area contributed by atoms with Crippen LogP contribution in [0.25, 0.3) is 16.7 Å². The highest BCUT2D eigenvalue weighted by atomic mass is 16.5. The molecule has 2 fully saturated rings. The van der Waals surface area contributed by atoms with E-state index in [0.29, 0.717) is 108 Å². The molecule has 3 amide bonds. The Bertz CT molecular complexity index is 3290. The minimum atomic E-state index is -0.647. The van der Waals surface area contributed by atoms with Crippen LogP contribution in [0.1, 0.15) is 145 Å². The predicted molar refractivity (Wildman–Crippen MR) is 333 cm³/mol. The van der Waals surface area contributed by atoms with Gasteiger partial charge < -0.3 is 48.7 Å². The number of nitrogens with zero attached hydrogens (tertiary/aromatic N) is 4. The number of anilines is 1. The summed E-state index contributed by atoms with van der Waals surface area (Å²) in [7, 11) is 0. The van der Waals surface area contributed by atoms with Crippen molar-refractivity contribution in [3.05, 3.63) is 151 Å². The van der Waals surface area contributed by atoms with Crippen molar-refractivity contribution in [2.45, 2.75) is 144 Å². The number of H-pyrrole nitrogens is 1. The van der Waals surface area contributed by atoms with Gasteiger partial charge in [-0.2, -0.15) is 0 Å². The molecule has 5 heterocycles. The molecular weight excluding hydrogens is 1070 g/mol. The van der Waals surface area contributed by atoms with Crippen LogP contribution in [0.4, 0.5) is 5.69 Å². The highest BCUT2D eigenvalue weighted by molar-refractivity contribution is 6.02. The first-order valence-electron chi connectivity index (χ1n) is 30.8. The van der Waals surface area contributed by atoms with E-state index in [4.69, 9.17) is 23.7 Å². The summed E-state index contributed by atoms with van der Waals surface area (Å²) in [5, 5.41) is 3.04. The third-order valence-electron chi connectivity index (χ3n) is 17.0. The molecule has 2 saturated heterocycles. The normalized spacial score (nSPS) is 16.4. The maximum absolute atomic E-state index is 14.3. The number of benzene rings is 4. The zero-order valence-corrected chi connectivity index (χ0v) is 50.9. The summed E-state index contributed by atoms with van der Waals surface area (Å²) in [6.07, 6.45) is 8.77. The number of nitrogens with one attached hydrogen (secondary N) is 2. The summed E-state index contributed by atoms with van der Waals surface area (Å²) < 4.78 is 30.1. The number of allylic oxidation sites excluding steroid dienone is 2. The Morgan fingerprint density at radius 1 is 0.812 bits per heavy atom. The molecular formula is C69H86N6O10. The molecule has 452 valence electrons. The van der Waals surface area contributed by atoms with E-state index in [1.807, 2.05) is 108 Å². The zero-order chi connectivity index (χ0) is 60.0. The number of hydrogen-bond acceptors (Lipinski definition) is 12. The van der Waals surface area contributed by atoms with Gasteiger partial charge in [-0.25, -0.2) is 0 Å². The summed E-state index contributed by atoms with van der Waals surface area (Å²) in [5.74, 6) is 0.891. The van der Waals surface area contributed by atoms with Crippen molar-refractivity contribution in [2.75, 3.05) is 70.8 Å². The number of ketones is 1. The molecule has 1 aromatic heterocycles. The zero-order valence-electron chi connectivity index (χ0n) is 50.9. The molecule has 85 heavy (non-hydrogen) atoms. The van der Waals surface area contributed by atoms with Gasteiger partial charge >= 0.3 is 0 Å². The molecule has 0 bridgehead atoms. The average Bonchev–Trinajstić information content (AvgIpc) is 4.29. The van der Waals surface area contributed by atoms with E-state index in [1.165, 1.54) is 0 Å². The van der Waals surface area contributed by atoms with Crippen molar-refractivity contribution in [3.8, 4) is 22.6 Å². The highest BCUT2D eigenvalue weighted by Gasteiger charge is 2.43. The fraction of sp³-hybridized carbons (Fsp3) is 0.478. The molecule has 16 nitrogen and oxygen atoms in total. The molecule has 1 unspecified atom stereocenters. The van der Waals surface area contributed by atoms with E-state index in [2.05, 4.69) is 51.4 Å². The number of carbonyl (C=O) groups excluding carboxylic acids is 4. The van der Waals surface area contributed by atoms with Gasteiger partial charge in [0, 0.05) is 138 Å². The number of amides is 3. The van der Waals surface area contributed by atoms with E-state index >= 15 is 0 Å². The van der Waals surface area contributed by atoms with E-state index in [0.717, 1.165) is 118 Å². The number of fused-ring (bicyclic) bond motifs is 1. The Morgan fingerprint density at radius 2 is 1.52 bits per heavy atom. The first kappa shape index (κ1) is 62.1. The fourth-order valence-electron chi connectivity index (χ4n) is 12.4. The number of pyridine rings is 1. The predicted octanol–water partition coefficient (Wildman–Crippen LogP) is 10.9. The van der Waals surface area contributed by atoms with E-state index in [1.54, 1.807) is 9.80 Å². The summed E-state index contributed by atoms with van der Waals surface area (Å²) >= 11 is 0. The molecule has 0 aliphatic carbocycles. The Hall–Kier alpha value is -7.40. The van der Waals surface area contributed by atoms with Gasteiger partial charge in [0.25, 0.3) is 17.4 Å². The van der Waals surface area contributed by atoms with Crippen LogP contribution in [-0.2, 0) is 43.3 Å². The number of aromatic amines is 1. The first-order chi connectivity index (χ1) is 41.2. The third-order valence-corrected chi connectivity index (χ3v) is 17.0. The minimum Gasteiger partial charge on any atom is -0.494 e. The number of likely N-dealkylation sites (tertiary alicyclic amines) is 1. The number of aromatic nitrogens is 1. The smallest absolute Gasteiger partial charge is 0.255 e. The quantitative estimate of drug-likeness (QED) is 0.0435. The molecule has 0 saturated carbocycles. The second kappa shape index (κ2) is 29.6. The standard InChI is InChI=1S/C69H86N6O10/c1-8-73(55-27-37-83-38-28-55)62-41-54(40-59(48(62)6)66(77)71-43-60-46(4)39-47(5)72-67(60)78)50-20-23-56(24-21-50)84-35-13-33-81-31-12-32-82-34-14-36-85-64-42-52(57-26-29-70-49(57)7)19-18-51(64)22-25-63(76)61-17-11-30-74(61)69(80)65(45(2)3)75-44-53-15-9-10-16-58(53)68(75)79/h9-10,15-16,18-21,23-24,29,39-42,45,55,61,65H,8,11-14,17,22,25-28,30-38,43-44H2,1-7H3,(H,71,77)(H,72,78)/t61?,65-/m0/s1. The Labute approximate surface area is 501 Å². The number of aliphatic imine (C=N–C) groups is 1. The van der Waals surface area contributed by atoms with Gasteiger partial charge in [0.1, 0.15) is 17.5 Å². The number of carbonyl (C=O) groups is 4. The average molecular weight is 1160 g/mol. The van der Waals surface area contributed by atoms with Crippen LogP contribution < -0.4 is 25.2 Å². The van der Waals surface area contributed by atoms with Crippen molar-refractivity contribution in [2.24, 2.45) is 10.9 Å². The summed E-state index contributed by atoms with van der Waals surface area (Å²) in [5.41, 5.74) is 12.0. The number of ether oxygens (including phenoxy) is 5. The molecule has 4 aliphatic heterocycles. The lowest BCUT2D eigenvalue weighted by atomic mass is 9.95. The van der Waals surface area contributed by atoms with E-state index < -0.39 is 12.1 Å². The number of aryl methyl sites for hydroxylation is 3. The largest absolute Gasteiger partial charge is 0.494 e. The summed E-state index contributed by atoms with van der Waals surface area (Å²) in [4.78, 5) is 81.8. The maximum atomic E-state index is 14.3. The third kappa shape index (κ3) is 15.4. The van der Waals surface area contributed by atoms with Gasteiger partial charge in [0.2, 0.25) is 5.91 Å². The van der Waals surface area contributed by atoms with E-state index in [-0.39, 0.29) is 47.9 Å². The molecule has 16 heteroatoms. The van der Waals surface area contributed by atoms with Crippen LogP contribution in [0.2, 0.25) is 0 Å². The van der Waals surface area contributed by atoms with Crippen molar-refractivity contribution >= 4 is 41.0 Å². The van der Waals surface area contributed by atoms with Crippen LogP contribution in [0.15, 0.2) is 100 Å². The van der Waals surface area contributed by atoms with Gasteiger partial charge in [-0.1, -0.05) is 56.3 Å². The number of Topliss-reactive ketones (excluding diaryl/α,β-unsaturated/α-hetero) is 1. The van der Waals surface area contributed by atoms with Gasteiger partial charge in [-0.05, 0) is 166 Å². The Balaban J connectivity index is 0.702. The molecule has 0 spiro atoms. The minimum absolute atomic E-state index is 0.0283. The number of hydrogen-bond donors (Lipinski definition) is 2. The van der Waals surface area contributed by atoms with Crippen LogP contribution in [0.3, 0.4) is 0 Å². The molecule has 2 atom stereocenters. The second-order valence-corrected chi connectivity index (χ2v) is 23.3. The van der Waals surface area contributed by atoms with Gasteiger partial charge in [-0.3, -0.25) is 29.0 Å². The summed E-state index contributed by atoms with van der Waals surface area (Å²) in [6.45, 7) is 20.2. The van der Waals surface area contributed by atoms with Crippen LogP contribution in [0.5, 0.6) is 11.5 Å². The monoisotopic (exact) mass is 1160 g/mol. The lowest BCUT2D eigenvalue weighted by Crippen LogP contribution is -2.54. The SMILES string of the molecule is CCN(c1cc(-c2ccc(OCCCOCCCOCCCOc3cc(C4=C(C)N=CC4)ccc3CCC(=O)C3CCCN3C(=O)[C@H](C(C)C)N3Cc4ccccc4C3=O)cc2)cc(C(=O)NCc2c(C)cc(C)[nH]c2=O)c1C)C1CCOCC1. The lowest BCUT2D eigenvalue weighted by molar-refractivity contribution is -0.142. The van der Waals surface area contributed by atoms with Crippen LogP contribution >= 0.6 is 0 Å². The van der Waals surface area contributed by atoms with E-state index in [9.17, 15) is 24.0 Å². The molecule has 9 rings (SSSR count). The maximum Gasteiger partial charge on any atom is 0.255 e. The van der Waals surface area contributed by atoms with Crippen LogP contribution in [-0.4, -0.2) is 129 Å². The van der Waals surface area contributed by atoms with Crippen molar-refractivity contribution in [1.82, 2.24) is 20.1 Å².